The van der Waals surface area contributed by atoms with E-state index in [0.717, 1.165) is 0 Å². The maximum absolute atomic E-state index is 12.4. The summed E-state index contributed by atoms with van der Waals surface area (Å²) in [6.07, 6.45) is 10.5. The van der Waals surface area contributed by atoms with Gasteiger partial charge in [0.2, 0.25) is 0 Å². The molecule has 2 aromatic rings. The Morgan fingerprint density at radius 3 is 2.46 bits per heavy atom. The number of carbonyl (C=O) groups excluding carboxylic acids is 2. The van der Waals surface area contributed by atoms with Gasteiger partial charge in [-0.05, 0) is 24.3 Å². The highest BCUT2D eigenvalue weighted by Crippen LogP contribution is 2.32. The maximum Gasteiger partial charge on any atom is 0.165 e. The van der Waals surface area contributed by atoms with E-state index in [1.165, 1.54) is 61.0 Å². The third kappa shape index (κ3) is 3.72. The zero-order valence-corrected chi connectivity index (χ0v) is 13.6. The lowest BCUT2D eigenvalue weighted by Gasteiger charge is -2.22. The van der Waals surface area contributed by atoms with Crippen molar-refractivity contribution in [1.82, 2.24) is 9.55 Å². The van der Waals surface area contributed by atoms with Crippen LogP contribution in [0.25, 0.3) is 0 Å². The van der Waals surface area contributed by atoms with E-state index in [9.17, 15) is 14.7 Å². The van der Waals surface area contributed by atoms with Gasteiger partial charge in [-0.25, -0.2) is 4.98 Å². The van der Waals surface area contributed by atoms with Gasteiger partial charge in [-0.3, -0.25) is 4.79 Å². The van der Waals surface area contributed by atoms with Crippen LogP contribution in [0.3, 0.4) is 0 Å². The number of ketones is 1. The van der Waals surface area contributed by atoms with Gasteiger partial charge in [-0.15, -0.1) is 0 Å². The summed E-state index contributed by atoms with van der Waals surface area (Å²) in [5, 5.41) is 11.3. The molecule has 0 aliphatic heterocycles. The molecule has 0 N–H and O–H groups in total. The molecule has 1 fully saturated rings. The molecule has 0 unspecified atom stereocenters. The van der Waals surface area contributed by atoms with Crippen LogP contribution >= 0.6 is 0 Å². The van der Waals surface area contributed by atoms with Gasteiger partial charge in [0.05, 0.1) is 18.3 Å². The zero-order valence-electron chi connectivity index (χ0n) is 13.6. The maximum atomic E-state index is 12.4. The molecule has 5 nitrogen and oxygen atoms in total. The summed E-state index contributed by atoms with van der Waals surface area (Å²) >= 11 is 0. The smallest absolute Gasteiger partial charge is 0.165 e. The van der Waals surface area contributed by atoms with E-state index in [1.807, 2.05) is 24.3 Å². The van der Waals surface area contributed by atoms with Crippen LogP contribution < -0.4 is 5.11 Å². The molecular formula is C19H21N2O3-. The Labute approximate surface area is 141 Å². The van der Waals surface area contributed by atoms with E-state index in [-0.39, 0.29) is 12.2 Å². The van der Waals surface area contributed by atoms with Crippen molar-refractivity contribution < 1.29 is 14.7 Å². The topological polar surface area (TPSA) is 75.0 Å². The molecule has 1 aromatic carbocycles. The molecular weight excluding hydrogens is 304 g/mol. The third-order valence-corrected chi connectivity index (χ3v) is 4.84. The van der Waals surface area contributed by atoms with Crippen LogP contribution in [0.1, 0.15) is 66.4 Å². The van der Waals surface area contributed by atoms with E-state index in [0.29, 0.717) is 11.5 Å². The standard InChI is InChI=1S/C19H22N2O3/c22-18(12-17(19(23)24)21-11-10-20-13-21)16-8-6-15(7-9-16)14-4-2-1-3-5-14/h6-11,13-14,17H,1-5,12H2,(H,23,24)/p-1/t17-/m1/s1. The predicted octanol–water partition coefficient (Wildman–Crippen LogP) is 2.49. The van der Waals surface area contributed by atoms with E-state index in [1.54, 1.807) is 0 Å². The molecule has 1 atom stereocenters. The Morgan fingerprint density at radius 2 is 1.88 bits per heavy atom. The lowest BCUT2D eigenvalue weighted by Crippen LogP contribution is -2.34. The fourth-order valence-electron chi connectivity index (χ4n) is 3.43. The average molecular weight is 325 g/mol. The zero-order chi connectivity index (χ0) is 16.9. The van der Waals surface area contributed by atoms with Gasteiger partial charge in [-0.2, -0.15) is 0 Å². The molecule has 126 valence electrons. The molecule has 0 radical (unpaired) electrons. The Bertz CT molecular complexity index is 686. The van der Waals surface area contributed by atoms with Crippen molar-refractivity contribution in [2.45, 2.75) is 50.5 Å². The average Bonchev–Trinajstić information content (AvgIpc) is 3.14. The Hall–Kier alpha value is -2.43. The second-order valence-corrected chi connectivity index (χ2v) is 6.43. The van der Waals surface area contributed by atoms with Crippen LogP contribution in [0.2, 0.25) is 0 Å². The summed E-state index contributed by atoms with van der Waals surface area (Å²) in [7, 11) is 0. The van der Waals surface area contributed by atoms with Crippen molar-refractivity contribution >= 4 is 11.8 Å². The van der Waals surface area contributed by atoms with Crippen LogP contribution in [-0.4, -0.2) is 21.3 Å². The van der Waals surface area contributed by atoms with Crippen LogP contribution in [-0.2, 0) is 4.79 Å². The second kappa shape index (κ2) is 7.43. The molecule has 1 aromatic heterocycles. The minimum absolute atomic E-state index is 0.137. The number of nitrogens with zero attached hydrogens (tertiary/aromatic N) is 2. The molecule has 5 heteroatoms. The quantitative estimate of drug-likeness (QED) is 0.765. The minimum atomic E-state index is -1.28. The van der Waals surface area contributed by atoms with Gasteiger partial charge in [-0.1, -0.05) is 43.5 Å². The van der Waals surface area contributed by atoms with Gasteiger partial charge in [0.15, 0.2) is 5.78 Å². The van der Waals surface area contributed by atoms with Crippen molar-refractivity contribution in [2.24, 2.45) is 0 Å². The number of rotatable bonds is 6. The van der Waals surface area contributed by atoms with Crippen molar-refractivity contribution in [1.29, 1.82) is 0 Å². The predicted molar refractivity (Wildman–Crippen MR) is 87.5 cm³/mol. The van der Waals surface area contributed by atoms with E-state index in [4.69, 9.17) is 0 Å². The van der Waals surface area contributed by atoms with Crippen molar-refractivity contribution in [2.75, 3.05) is 0 Å². The molecule has 1 saturated carbocycles. The lowest BCUT2D eigenvalue weighted by atomic mass is 9.84. The van der Waals surface area contributed by atoms with Crippen molar-refractivity contribution in [3.8, 4) is 0 Å². The van der Waals surface area contributed by atoms with Gasteiger partial charge >= 0.3 is 0 Å². The first-order valence-corrected chi connectivity index (χ1v) is 8.46. The number of imidazole rings is 1. The number of carbonyl (C=O) groups is 2. The van der Waals surface area contributed by atoms with E-state index < -0.39 is 12.0 Å². The first-order chi connectivity index (χ1) is 11.6. The fourth-order valence-corrected chi connectivity index (χ4v) is 3.43. The summed E-state index contributed by atoms with van der Waals surface area (Å²) in [5.74, 6) is -0.891. The Kier molecular flexibility index (Phi) is 5.08. The highest BCUT2D eigenvalue weighted by molar-refractivity contribution is 5.98. The summed E-state index contributed by atoms with van der Waals surface area (Å²) in [4.78, 5) is 27.6. The van der Waals surface area contributed by atoms with Gasteiger partial charge in [0.25, 0.3) is 0 Å². The van der Waals surface area contributed by atoms with Crippen LogP contribution in [0.15, 0.2) is 43.0 Å². The van der Waals surface area contributed by atoms with Crippen LogP contribution in [0, 0.1) is 0 Å². The molecule has 3 rings (SSSR count). The minimum Gasteiger partial charge on any atom is -0.548 e. The molecule has 0 amide bonds. The number of aromatic nitrogens is 2. The SMILES string of the molecule is O=C(C[C@H](C(=O)[O-])n1ccnc1)c1ccc(C2CCCCC2)cc1. The molecule has 0 spiro atoms. The van der Waals surface area contributed by atoms with Crippen molar-refractivity contribution in [3.63, 3.8) is 0 Å². The van der Waals surface area contributed by atoms with E-state index in [2.05, 4.69) is 4.98 Å². The monoisotopic (exact) mass is 325 g/mol. The number of hydrogen-bond acceptors (Lipinski definition) is 4. The lowest BCUT2D eigenvalue weighted by molar-refractivity contribution is -0.310. The van der Waals surface area contributed by atoms with Crippen LogP contribution in [0.5, 0.6) is 0 Å². The highest BCUT2D eigenvalue weighted by atomic mass is 16.4. The summed E-state index contributed by atoms with van der Waals surface area (Å²) in [6.45, 7) is 0. The Balaban J connectivity index is 1.69. The van der Waals surface area contributed by atoms with Gasteiger partial charge in [0.1, 0.15) is 0 Å². The first kappa shape index (κ1) is 16.4. The number of carboxylic acids is 1. The Morgan fingerprint density at radius 1 is 1.17 bits per heavy atom. The molecule has 0 saturated heterocycles. The van der Waals surface area contributed by atoms with Gasteiger partial charge < -0.3 is 14.5 Å². The van der Waals surface area contributed by atoms with Crippen molar-refractivity contribution in [3.05, 3.63) is 54.1 Å². The number of carboxylic acid groups (broad SMARTS) is 1. The van der Waals surface area contributed by atoms with Gasteiger partial charge in [0, 0.05) is 24.4 Å². The second-order valence-electron chi connectivity index (χ2n) is 6.43. The fraction of sp³-hybridized carbons (Fsp3) is 0.421. The third-order valence-electron chi connectivity index (χ3n) is 4.84. The normalized spacial score (nSPS) is 16.7. The first-order valence-electron chi connectivity index (χ1n) is 8.46. The number of aliphatic carboxylic acids is 1. The summed E-state index contributed by atoms with van der Waals surface area (Å²) in [5.41, 5.74) is 1.82. The summed E-state index contributed by atoms with van der Waals surface area (Å²) in [6, 6.07) is 6.61. The molecule has 1 aliphatic carbocycles. The number of Topliss-reactive ketones (excluding diaryl/α,β-unsaturated/α-hetero) is 1. The summed E-state index contributed by atoms with van der Waals surface area (Å²) < 4.78 is 1.39. The number of hydrogen-bond donors (Lipinski definition) is 0. The van der Waals surface area contributed by atoms with Crippen LogP contribution in [0.4, 0.5) is 0 Å². The molecule has 24 heavy (non-hydrogen) atoms. The molecule has 1 heterocycles. The number of benzene rings is 1. The molecule has 1 aliphatic rings. The largest absolute Gasteiger partial charge is 0.548 e. The molecule has 0 bridgehead atoms. The highest BCUT2D eigenvalue weighted by Gasteiger charge is 2.19. The van der Waals surface area contributed by atoms with E-state index >= 15 is 0 Å².